The molecule has 35 heavy (non-hydrogen) atoms. The summed E-state index contributed by atoms with van der Waals surface area (Å²) in [5, 5.41) is 8.02. The van der Waals surface area contributed by atoms with E-state index < -0.39 is 0 Å². The minimum atomic E-state index is -0.253. The second-order valence-electron chi connectivity index (χ2n) is 9.59. The third-order valence-electron chi connectivity index (χ3n) is 6.08. The number of hydrogen-bond acceptors (Lipinski definition) is 8. The standard InChI is InChI=1S/C24H23N7O3S/c1-24(2)11-30(12-24)10-17(32)27-14-6-15-20(26-8-14)21-19(22(33)28-15)23-31(29-21)9-16(35-23)13-4-5-18(34-3)25-7-13/h4-9H,10-12H2,1-3H3,(H,27,32)(H,28,33). The summed E-state index contributed by atoms with van der Waals surface area (Å²) in [6.45, 7) is 6.50. The van der Waals surface area contributed by atoms with E-state index in [2.05, 4.69) is 44.1 Å². The van der Waals surface area contributed by atoms with Crippen LogP contribution >= 0.6 is 11.3 Å². The van der Waals surface area contributed by atoms with Gasteiger partial charge in [0, 0.05) is 37.1 Å². The van der Waals surface area contributed by atoms with Crippen LogP contribution in [0.5, 0.6) is 5.88 Å². The highest BCUT2D eigenvalue weighted by Gasteiger charge is 2.34. The van der Waals surface area contributed by atoms with Gasteiger partial charge in [-0.05, 0) is 17.5 Å². The summed E-state index contributed by atoms with van der Waals surface area (Å²) in [6.07, 6.45) is 5.20. The molecule has 0 atom stereocenters. The molecule has 1 aliphatic rings. The number of pyridine rings is 3. The number of aromatic nitrogens is 5. The number of H-pyrrole nitrogens is 1. The first-order valence-electron chi connectivity index (χ1n) is 11.2. The van der Waals surface area contributed by atoms with Gasteiger partial charge in [-0.2, -0.15) is 5.10 Å². The Kier molecular flexibility index (Phi) is 4.87. The van der Waals surface area contributed by atoms with Gasteiger partial charge in [0.1, 0.15) is 21.3 Å². The zero-order valence-electron chi connectivity index (χ0n) is 19.5. The number of likely N-dealkylation sites (tertiary alicyclic amines) is 1. The van der Waals surface area contributed by atoms with Crippen LogP contribution in [0.3, 0.4) is 0 Å². The number of ether oxygens (including phenoxy) is 1. The molecule has 1 fully saturated rings. The summed E-state index contributed by atoms with van der Waals surface area (Å²) in [5.74, 6) is 0.433. The van der Waals surface area contributed by atoms with Gasteiger partial charge in [0.15, 0.2) is 0 Å². The molecule has 0 radical (unpaired) electrons. The lowest BCUT2D eigenvalue weighted by Gasteiger charge is -2.45. The van der Waals surface area contributed by atoms with Crippen LogP contribution in [0.25, 0.3) is 37.2 Å². The molecular formula is C24H23N7O3S. The second kappa shape index (κ2) is 7.85. The summed E-state index contributed by atoms with van der Waals surface area (Å²) in [7, 11) is 1.57. The number of fused-ring (bicyclic) bond motifs is 5. The summed E-state index contributed by atoms with van der Waals surface area (Å²) < 4.78 is 6.83. The molecule has 6 rings (SSSR count). The molecule has 0 bridgehead atoms. The first-order valence-corrected chi connectivity index (χ1v) is 12.0. The number of nitrogens with one attached hydrogen (secondary N) is 2. The van der Waals surface area contributed by atoms with Gasteiger partial charge in [-0.15, -0.1) is 11.3 Å². The van der Waals surface area contributed by atoms with Crippen LogP contribution in [-0.2, 0) is 4.79 Å². The van der Waals surface area contributed by atoms with Gasteiger partial charge < -0.3 is 15.0 Å². The van der Waals surface area contributed by atoms with E-state index in [1.165, 1.54) is 11.3 Å². The van der Waals surface area contributed by atoms with Gasteiger partial charge in [-0.1, -0.05) is 13.8 Å². The molecule has 178 valence electrons. The van der Waals surface area contributed by atoms with E-state index in [1.807, 2.05) is 12.3 Å². The van der Waals surface area contributed by atoms with Crippen molar-refractivity contribution in [1.82, 2.24) is 29.5 Å². The molecule has 5 aromatic heterocycles. The van der Waals surface area contributed by atoms with Crippen molar-refractivity contribution in [3.8, 4) is 16.3 Å². The second-order valence-corrected chi connectivity index (χ2v) is 10.6. The molecule has 1 amide bonds. The quantitative estimate of drug-likeness (QED) is 0.389. The number of methoxy groups -OCH3 is 1. The lowest BCUT2D eigenvalue weighted by atomic mass is 9.84. The molecular weight excluding hydrogens is 466 g/mol. The Balaban J connectivity index is 1.31. The number of carbonyl (C=O) groups is 1. The van der Waals surface area contributed by atoms with Gasteiger partial charge in [-0.25, -0.2) is 9.50 Å². The number of carbonyl (C=O) groups excluding carboxylic acids is 1. The number of aromatic amines is 1. The maximum Gasteiger partial charge on any atom is 0.261 e. The van der Waals surface area contributed by atoms with Crippen molar-refractivity contribution >= 4 is 49.7 Å². The molecule has 0 aromatic carbocycles. The zero-order chi connectivity index (χ0) is 24.3. The maximum absolute atomic E-state index is 13.0. The largest absolute Gasteiger partial charge is 0.481 e. The highest BCUT2D eigenvalue weighted by Crippen LogP contribution is 2.33. The van der Waals surface area contributed by atoms with Gasteiger partial charge in [0.2, 0.25) is 11.8 Å². The van der Waals surface area contributed by atoms with E-state index in [-0.39, 0.29) is 16.9 Å². The Hall–Kier alpha value is -3.83. The molecule has 0 saturated carbocycles. The number of rotatable bonds is 5. The summed E-state index contributed by atoms with van der Waals surface area (Å²) in [4.78, 5) is 40.9. The van der Waals surface area contributed by atoms with Crippen molar-refractivity contribution in [3.63, 3.8) is 0 Å². The maximum atomic E-state index is 13.0. The van der Waals surface area contributed by atoms with Crippen molar-refractivity contribution in [2.45, 2.75) is 13.8 Å². The summed E-state index contributed by atoms with van der Waals surface area (Å²) >= 11 is 1.46. The number of amides is 1. The van der Waals surface area contributed by atoms with E-state index >= 15 is 0 Å². The predicted octanol–water partition coefficient (Wildman–Crippen LogP) is 3.14. The van der Waals surface area contributed by atoms with Gasteiger partial charge in [0.05, 0.1) is 35.9 Å². The van der Waals surface area contributed by atoms with Crippen molar-refractivity contribution in [2.24, 2.45) is 5.41 Å². The Morgan fingerprint density at radius 1 is 1.23 bits per heavy atom. The molecule has 0 unspecified atom stereocenters. The average Bonchev–Trinajstić information content (AvgIpc) is 3.36. The normalized spacial score (nSPS) is 15.5. The van der Waals surface area contributed by atoms with Crippen molar-refractivity contribution < 1.29 is 9.53 Å². The predicted molar refractivity (Wildman–Crippen MR) is 135 cm³/mol. The van der Waals surface area contributed by atoms with Crippen LogP contribution in [0.1, 0.15) is 13.8 Å². The van der Waals surface area contributed by atoms with Crippen LogP contribution in [0.15, 0.2) is 41.6 Å². The van der Waals surface area contributed by atoms with Gasteiger partial charge in [0.25, 0.3) is 5.56 Å². The fourth-order valence-corrected chi connectivity index (χ4v) is 5.76. The van der Waals surface area contributed by atoms with Crippen LogP contribution in [-0.4, -0.2) is 62.1 Å². The minimum absolute atomic E-state index is 0.104. The first-order chi connectivity index (χ1) is 16.8. The van der Waals surface area contributed by atoms with E-state index in [9.17, 15) is 9.59 Å². The van der Waals surface area contributed by atoms with Crippen molar-refractivity contribution in [3.05, 3.63) is 47.1 Å². The average molecular weight is 490 g/mol. The van der Waals surface area contributed by atoms with Crippen molar-refractivity contribution in [2.75, 3.05) is 32.1 Å². The molecule has 5 aromatic rings. The molecule has 1 aliphatic heterocycles. The highest BCUT2D eigenvalue weighted by molar-refractivity contribution is 7.21. The third-order valence-corrected chi connectivity index (χ3v) is 7.23. The molecule has 10 nitrogen and oxygen atoms in total. The van der Waals surface area contributed by atoms with Crippen molar-refractivity contribution in [1.29, 1.82) is 0 Å². The number of nitrogens with zero attached hydrogens (tertiary/aromatic N) is 5. The monoisotopic (exact) mass is 489 g/mol. The smallest absolute Gasteiger partial charge is 0.261 e. The fraction of sp³-hybridized carbons (Fsp3) is 0.292. The fourth-order valence-electron chi connectivity index (χ4n) is 4.68. The molecule has 6 heterocycles. The highest BCUT2D eigenvalue weighted by atomic mass is 32.1. The molecule has 1 saturated heterocycles. The van der Waals surface area contributed by atoms with E-state index in [1.54, 1.807) is 36.2 Å². The Morgan fingerprint density at radius 2 is 2.06 bits per heavy atom. The van der Waals surface area contributed by atoms with Crippen LogP contribution in [0.2, 0.25) is 0 Å². The first kappa shape index (κ1) is 21.7. The van der Waals surface area contributed by atoms with E-state index in [0.29, 0.717) is 40.0 Å². The summed E-state index contributed by atoms with van der Waals surface area (Å²) in [6, 6.07) is 5.43. The lowest BCUT2D eigenvalue weighted by Crippen LogP contribution is -2.54. The number of thiazole rings is 1. The molecule has 2 N–H and O–H groups in total. The third kappa shape index (κ3) is 3.82. The topological polar surface area (TPSA) is 118 Å². The lowest BCUT2D eigenvalue weighted by molar-refractivity contribution is -0.120. The van der Waals surface area contributed by atoms with Gasteiger partial charge in [-0.3, -0.25) is 19.5 Å². The van der Waals surface area contributed by atoms with E-state index in [0.717, 1.165) is 28.4 Å². The van der Waals surface area contributed by atoms with E-state index in [4.69, 9.17) is 4.74 Å². The summed E-state index contributed by atoms with van der Waals surface area (Å²) in [5.41, 5.74) is 3.08. The molecule has 0 aliphatic carbocycles. The number of anilines is 1. The van der Waals surface area contributed by atoms with Crippen LogP contribution < -0.4 is 15.6 Å². The molecule has 11 heteroatoms. The minimum Gasteiger partial charge on any atom is -0.481 e. The number of hydrogen-bond donors (Lipinski definition) is 2. The SMILES string of the molecule is COc1ccc(-c2cn3nc4c5ncc(NC(=O)CN6CC(C)(C)C6)cc5[nH]c(=O)c4c3s2)cn1. The Bertz CT molecular complexity index is 1660. The van der Waals surface area contributed by atoms with Gasteiger partial charge >= 0.3 is 0 Å². The zero-order valence-corrected chi connectivity index (χ0v) is 20.3. The van der Waals surface area contributed by atoms with Crippen LogP contribution in [0, 0.1) is 5.41 Å². The van der Waals surface area contributed by atoms with Crippen LogP contribution in [0.4, 0.5) is 5.69 Å². The Morgan fingerprint density at radius 3 is 2.77 bits per heavy atom. The Labute approximate surface area is 203 Å². The molecule has 0 spiro atoms.